The summed E-state index contributed by atoms with van der Waals surface area (Å²) in [5, 5.41) is 0. The topological polar surface area (TPSA) is 26.0 Å². The highest BCUT2D eigenvalue weighted by molar-refractivity contribution is 5.30. The lowest BCUT2D eigenvalue weighted by molar-refractivity contribution is 0.281. The van der Waals surface area contributed by atoms with E-state index in [0.717, 1.165) is 32.1 Å². The van der Waals surface area contributed by atoms with E-state index in [0.29, 0.717) is 6.54 Å². The SMILES string of the molecule is NCC1(c2c(F)cccc2F)CCCCC1. The second kappa shape index (κ2) is 4.50. The molecule has 0 atom stereocenters. The second-order valence-electron chi connectivity index (χ2n) is 4.64. The van der Waals surface area contributed by atoms with Crippen molar-refractivity contribution in [3.8, 4) is 0 Å². The smallest absolute Gasteiger partial charge is 0.129 e. The van der Waals surface area contributed by atoms with Crippen LogP contribution in [0.3, 0.4) is 0 Å². The van der Waals surface area contributed by atoms with Crippen LogP contribution in [0.2, 0.25) is 0 Å². The summed E-state index contributed by atoms with van der Waals surface area (Å²) >= 11 is 0. The molecule has 1 nitrogen and oxygen atoms in total. The van der Waals surface area contributed by atoms with Gasteiger partial charge in [-0.1, -0.05) is 25.3 Å². The minimum absolute atomic E-state index is 0.206. The first-order chi connectivity index (χ1) is 7.69. The van der Waals surface area contributed by atoms with E-state index in [-0.39, 0.29) is 5.56 Å². The van der Waals surface area contributed by atoms with Gasteiger partial charge in [0, 0.05) is 17.5 Å². The van der Waals surface area contributed by atoms with Crippen LogP contribution in [0.25, 0.3) is 0 Å². The van der Waals surface area contributed by atoms with E-state index in [9.17, 15) is 8.78 Å². The van der Waals surface area contributed by atoms with Crippen LogP contribution < -0.4 is 5.73 Å². The summed E-state index contributed by atoms with van der Waals surface area (Å²) in [7, 11) is 0. The standard InChI is InChI=1S/C13H17F2N/c14-10-5-4-6-11(15)12(10)13(9-16)7-2-1-3-8-13/h4-6H,1-3,7-9,16H2. The molecule has 0 unspecified atom stereocenters. The average Bonchev–Trinajstić information content (AvgIpc) is 2.30. The third kappa shape index (κ3) is 1.84. The summed E-state index contributed by atoms with van der Waals surface area (Å²) in [4.78, 5) is 0. The maximum atomic E-state index is 13.8. The maximum absolute atomic E-state index is 13.8. The fourth-order valence-corrected chi connectivity index (χ4v) is 2.79. The number of halogens is 2. The summed E-state index contributed by atoms with van der Waals surface area (Å²) in [5.74, 6) is -0.903. The highest BCUT2D eigenvalue weighted by atomic mass is 19.1. The molecule has 2 rings (SSSR count). The monoisotopic (exact) mass is 225 g/mol. The molecule has 1 aliphatic rings. The van der Waals surface area contributed by atoms with E-state index in [2.05, 4.69) is 0 Å². The highest BCUT2D eigenvalue weighted by Crippen LogP contribution is 2.40. The quantitative estimate of drug-likeness (QED) is 0.822. The van der Waals surface area contributed by atoms with Crippen molar-refractivity contribution < 1.29 is 8.78 Å². The first kappa shape index (κ1) is 11.5. The normalized spacial score (nSPS) is 19.7. The molecule has 16 heavy (non-hydrogen) atoms. The summed E-state index contributed by atoms with van der Waals surface area (Å²) in [6.45, 7) is 0.324. The Labute approximate surface area is 94.7 Å². The van der Waals surface area contributed by atoms with E-state index < -0.39 is 17.0 Å². The molecule has 88 valence electrons. The first-order valence-electron chi connectivity index (χ1n) is 5.84. The zero-order valence-corrected chi connectivity index (χ0v) is 9.31. The van der Waals surface area contributed by atoms with Crippen LogP contribution >= 0.6 is 0 Å². The molecular formula is C13H17F2N. The summed E-state index contributed by atoms with van der Waals surface area (Å²) in [5.41, 5.74) is 5.50. The maximum Gasteiger partial charge on any atom is 0.129 e. The van der Waals surface area contributed by atoms with E-state index in [4.69, 9.17) is 5.73 Å². The molecule has 0 aliphatic heterocycles. The molecule has 0 heterocycles. The molecular weight excluding hydrogens is 208 g/mol. The van der Waals surface area contributed by atoms with Crippen LogP contribution in [0.15, 0.2) is 18.2 Å². The second-order valence-corrected chi connectivity index (χ2v) is 4.64. The van der Waals surface area contributed by atoms with Gasteiger partial charge in [-0.25, -0.2) is 8.78 Å². The van der Waals surface area contributed by atoms with Crippen molar-refractivity contribution in [1.29, 1.82) is 0 Å². The first-order valence-corrected chi connectivity index (χ1v) is 5.84. The zero-order chi connectivity index (χ0) is 11.6. The van der Waals surface area contributed by atoms with Gasteiger partial charge in [-0.3, -0.25) is 0 Å². The summed E-state index contributed by atoms with van der Waals surface area (Å²) < 4.78 is 27.5. The van der Waals surface area contributed by atoms with E-state index in [1.165, 1.54) is 18.2 Å². The lowest BCUT2D eigenvalue weighted by atomic mass is 9.69. The Hall–Kier alpha value is -0.960. The Kier molecular flexibility index (Phi) is 3.24. The summed E-state index contributed by atoms with van der Waals surface area (Å²) in [6.07, 6.45) is 4.73. The van der Waals surface area contributed by atoms with Crippen LogP contribution in [0.4, 0.5) is 8.78 Å². The zero-order valence-electron chi connectivity index (χ0n) is 9.31. The minimum atomic E-state index is -0.478. The van der Waals surface area contributed by atoms with Gasteiger partial charge in [0.15, 0.2) is 0 Å². The van der Waals surface area contributed by atoms with Crippen molar-refractivity contribution in [3.63, 3.8) is 0 Å². The van der Waals surface area contributed by atoms with Gasteiger partial charge in [0.25, 0.3) is 0 Å². The molecule has 1 fully saturated rings. The van der Waals surface area contributed by atoms with Gasteiger partial charge in [0.05, 0.1) is 0 Å². The number of nitrogens with two attached hydrogens (primary N) is 1. The third-order valence-corrected chi connectivity index (χ3v) is 3.69. The van der Waals surface area contributed by atoms with Gasteiger partial charge in [0.2, 0.25) is 0 Å². The predicted molar refractivity (Wildman–Crippen MR) is 60.2 cm³/mol. The Morgan fingerprint density at radius 2 is 1.62 bits per heavy atom. The van der Waals surface area contributed by atoms with Gasteiger partial charge >= 0.3 is 0 Å². The van der Waals surface area contributed by atoms with Gasteiger partial charge in [-0.15, -0.1) is 0 Å². The van der Waals surface area contributed by atoms with Crippen molar-refractivity contribution >= 4 is 0 Å². The van der Waals surface area contributed by atoms with Crippen LogP contribution in [0.5, 0.6) is 0 Å². The van der Waals surface area contributed by atoms with Crippen LogP contribution in [-0.4, -0.2) is 6.54 Å². The molecule has 0 bridgehead atoms. The molecule has 1 aromatic rings. The van der Waals surface area contributed by atoms with E-state index in [1.54, 1.807) is 0 Å². The largest absolute Gasteiger partial charge is 0.330 e. The minimum Gasteiger partial charge on any atom is -0.330 e. The molecule has 2 N–H and O–H groups in total. The van der Waals surface area contributed by atoms with Crippen molar-refractivity contribution in [3.05, 3.63) is 35.4 Å². The van der Waals surface area contributed by atoms with Crippen LogP contribution in [0, 0.1) is 11.6 Å². The Balaban J connectivity index is 2.46. The van der Waals surface area contributed by atoms with Crippen LogP contribution in [0.1, 0.15) is 37.7 Å². The van der Waals surface area contributed by atoms with Crippen molar-refractivity contribution in [2.45, 2.75) is 37.5 Å². The molecule has 0 radical (unpaired) electrons. The Bertz CT molecular complexity index is 350. The molecule has 1 aliphatic carbocycles. The molecule has 1 aromatic carbocycles. The molecule has 3 heteroatoms. The van der Waals surface area contributed by atoms with E-state index in [1.807, 2.05) is 0 Å². The lowest BCUT2D eigenvalue weighted by Gasteiger charge is -2.37. The fourth-order valence-electron chi connectivity index (χ4n) is 2.79. The number of rotatable bonds is 2. The third-order valence-electron chi connectivity index (χ3n) is 3.69. The van der Waals surface area contributed by atoms with Gasteiger partial charge in [-0.2, -0.15) is 0 Å². The molecule has 0 aromatic heterocycles. The average molecular weight is 225 g/mol. The van der Waals surface area contributed by atoms with Crippen molar-refractivity contribution in [2.75, 3.05) is 6.54 Å². The Morgan fingerprint density at radius 1 is 1.06 bits per heavy atom. The number of hydrogen-bond acceptors (Lipinski definition) is 1. The Morgan fingerprint density at radius 3 is 2.12 bits per heavy atom. The molecule has 1 saturated carbocycles. The van der Waals surface area contributed by atoms with Gasteiger partial charge in [-0.05, 0) is 25.0 Å². The molecule has 0 amide bonds. The van der Waals surface area contributed by atoms with Crippen molar-refractivity contribution in [1.82, 2.24) is 0 Å². The number of benzene rings is 1. The van der Waals surface area contributed by atoms with Gasteiger partial charge in [0.1, 0.15) is 11.6 Å². The lowest BCUT2D eigenvalue weighted by Crippen LogP contribution is -2.38. The van der Waals surface area contributed by atoms with Crippen molar-refractivity contribution in [2.24, 2.45) is 5.73 Å². The van der Waals surface area contributed by atoms with E-state index >= 15 is 0 Å². The number of hydrogen-bond donors (Lipinski definition) is 1. The fraction of sp³-hybridized carbons (Fsp3) is 0.538. The predicted octanol–water partition coefficient (Wildman–Crippen LogP) is 3.13. The van der Waals surface area contributed by atoms with Crippen LogP contribution in [-0.2, 0) is 5.41 Å². The highest BCUT2D eigenvalue weighted by Gasteiger charge is 2.36. The summed E-state index contributed by atoms with van der Waals surface area (Å²) in [6, 6.07) is 4.05. The molecule has 0 saturated heterocycles. The van der Waals surface area contributed by atoms with Gasteiger partial charge < -0.3 is 5.73 Å². The molecule has 0 spiro atoms.